The van der Waals surface area contributed by atoms with Crippen LogP contribution in [0, 0.1) is 5.82 Å². The summed E-state index contributed by atoms with van der Waals surface area (Å²) in [4.78, 5) is 14.5. The number of carbonyl (C=O) groups is 1. The third-order valence-corrected chi connectivity index (χ3v) is 4.41. The highest BCUT2D eigenvalue weighted by molar-refractivity contribution is 6.04. The van der Waals surface area contributed by atoms with Crippen molar-refractivity contribution in [2.24, 2.45) is 0 Å². The van der Waals surface area contributed by atoms with Crippen LogP contribution in [0.4, 0.5) is 21.5 Å². The van der Waals surface area contributed by atoms with E-state index in [-0.39, 0.29) is 5.91 Å². The first-order valence-electron chi connectivity index (χ1n) is 8.23. The molecule has 1 aliphatic rings. The fourth-order valence-corrected chi connectivity index (χ4v) is 3.16. The molecule has 1 N–H and O–H groups in total. The highest BCUT2D eigenvalue weighted by atomic mass is 19.1. The monoisotopic (exact) mass is 332 g/mol. The molecule has 0 aliphatic carbocycles. The molecule has 0 atom stereocenters. The van der Waals surface area contributed by atoms with Crippen molar-refractivity contribution in [2.45, 2.75) is 6.42 Å². The summed E-state index contributed by atoms with van der Waals surface area (Å²) in [6.45, 7) is 0.953. The lowest BCUT2D eigenvalue weighted by molar-refractivity contribution is 0.102. The molecule has 0 saturated heterocycles. The molecule has 3 aromatic carbocycles. The molecule has 0 radical (unpaired) electrons. The number of halogens is 1. The first kappa shape index (κ1) is 15.4. The summed E-state index contributed by atoms with van der Waals surface area (Å²) in [6.07, 6.45) is 1.04. The Labute approximate surface area is 145 Å². The van der Waals surface area contributed by atoms with Crippen LogP contribution >= 0.6 is 0 Å². The second kappa shape index (κ2) is 6.40. The molecule has 0 saturated carbocycles. The normalized spacial score (nSPS) is 12.8. The number of anilines is 3. The Morgan fingerprint density at radius 1 is 0.960 bits per heavy atom. The van der Waals surface area contributed by atoms with Crippen molar-refractivity contribution in [3.05, 3.63) is 89.7 Å². The average molecular weight is 332 g/mol. The van der Waals surface area contributed by atoms with E-state index in [1.165, 1.54) is 29.4 Å². The standard InChI is InChI=1S/C21H17FN2O/c22-17-6-3-5-16(14-17)21(25)23-18-8-10-19(11-9-18)24-13-12-15-4-1-2-7-20(15)24/h1-11,14H,12-13H2,(H,23,25). The van der Waals surface area contributed by atoms with Gasteiger partial charge >= 0.3 is 0 Å². The topological polar surface area (TPSA) is 32.3 Å². The minimum Gasteiger partial charge on any atom is -0.341 e. The van der Waals surface area contributed by atoms with E-state index in [2.05, 4.69) is 28.4 Å². The lowest BCUT2D eigenvalue weighted by Gasteiger charge is -2.20. The number of carbonyl (C=O) groups excluding carboxylic acids is 1. The molecule has 1 heterocycles. The van der Waals surface area contributed by atoms with E-state index in [1.807, 2.05) is 30.3 Å². The van der Waals surface area contributed by atoms with Gasteiger partial charge in [-0.3, -0.25) is 4.79 Å². The number of amides is 1. The van der Waals surface area contributed by atoms with Gasteiger partial charge in [-0.05, 0) is 60.5 Å². The van der Waals surface area contributed by atoms with Crippen LogP contribution in [0.5, 0.6) is 0 Å². The summed E-state index contributed by atoms with van der Waals surface area (Å²) < 4.78 is 13.2. The molecule has 3 aromatic rings. The molecule has 1 amide bonds. The fourth-order valence-electron chi connectivity index (χ4n) is 3.16. The van der Waals surface area contributed by atoms with Crippen LogP contribution in [0.1, 0.15) is 15.9 Å². The lowest BCUT2D eigenvalue weighted by atomic mass is 10.2. The number of nitrogens with zero attached hydrogens (tertiary/aromatic N) is 1. The minimum atomic E-state index is -0.421. The molecule has 0 spiro atoms. The number of benzene rings is 3. The van der Waals surface area contributed by atoms with E-state index < -0.39 is 5.82 Å². The van der Waals surface area contributed by atoms with E-state index in [4.69, 9.17) is 0 Å². The SMILES string of the molecule is O=C(Nc1ccc(N2CCc3ccccc32)cc1)c1cccc(F)c1. The largest absolute Gasteiger partial charge is 0.341 e. The Bertz CT molecular complexity index is 921. The van der Waals surface area contributed by atoms with Gasteiger partial charge in [0.05, 0.1) is 0 Å². The Morgan fingerprint density at radius 2 is 1.76 bits per heavy atom. The van der Waals surface area contributed by atoms with Gasteiger partial charge in [-0.1, -0.05) is 24.3 Å². The van der Waals surface area contributed by atoms with Crippen molar-refractivity contribution in [1.82, 2.24) is 0 Å². The van der Waals surface area contributed by atoms with Crippen LogP contribution in [0.25, 0.3) is 0 Å². The fraction of sp³-hybridized carbons (Fsp3) is 0.0952. The highest BCUT2D eigenvalue weighted by Gasteiger charge is 2.19. The van der Waals surface area contributed by atoms with Crippen LogP contribution < -0.4 is 10.2 Å². The molecule has 0 unspecified atom stereocenters. The molecular weight excluding hydrogens is 315 g/mol. The predicted octanol–water partition coefficient (Wildman–Crippen LogP) is 4.77. The van der Waals surface area contributed by atoms with Crippen LogP contribution in [0.2, 0.25) is 0 Å². The first-order chi connectivity index (χ1) is 12.2. The third-order valence-electron chi connectivity index (χ3n) is 4.41. The van der Waals surface area contributed by atoms with E-state index in [1.54, 1.807) is 6.07 Å². The quantitative estimate of drug-likeness (QED) is 0.749. The van der Waals surface area contributed by atoms with E-state index in [9.17, 15) is 9.18 Å². The van der Waals surface area contributed by atoms with Gasteiger partial charge in [-0.25, -0.2) is 4.39 Å². The van der Waals surface area contributed by atoms with Gasteiger partial charge in [0.1, 0.15) is 5.82 Å². The molecule has 0 fully saturated rings. The lowest BCUT2D eigenvalue weighted by Crippen LogP contribution is -2.14. The van der Waals surface area contributed by atoms with Crippen molar-refractivity contribution < 1.29 is 9.18 Å². The number of rotatable bonds is 3. The maximum atomic E-state index is 13.2. The molecule has 0 bridgehead atoms. The summed E-state index contributed by atoms with van der Waals surface area (Å²) in [5.74, 6) is -0.741. The van der Waals surface area contributed by atoms with Gasteiger partial charge in [-0.15, -0.1) is 0 Å². The molecule has 25 heavy (non-hydrogen) atoms. The molecule has 4 rings (SSSR count). The number of nitrogens with one attached hydrogen (secondary N) is 1. The first-order valence-corrected chi connectivity index (χ1v) is 8.23. The van der Waals surface area contributed by atoms with Crippen molar-refractivity contribution in [3.63, 3.8) is 0 Å². The van der Waals surface area contributed by atoms with Crippen LogP contribution in [0.15, 0.2) is 72.8 Å². The van der Waals surface area contributed by atoms with Gasteiger partial charge in [0, 0.05) is 29.2 Å². The number of hydrogen-bond acceptors (Lipinski definition) is 2. The van der Waals surface area contributed by atoms with Crippen LogP contribution in [-0.4, -0.2) is 12.5 Å². The van der Waals surface area contributed by atoms with E-state index in [0.717, 1.165) is 18.7 Å². The summed E-state index contributed by atoms with van der Waals surface area (Å²) in [5.41, 5.74) is 4.67. The predicted molar refractivity (Wildman–Crippen MR) is 97.9 cm³/mol. The number of fused-ring (bicyclic) bond motifs is 1. The molecule has 0 aromatic heterocycles. The van der Waals surface area contributed by atoms with Gasteiger partial charge in [0.15, 0.2) is 0 Å². The summed E-state index contributed by atoms with van der Waals surface area (Å²) in [6, 6.07) is 21.8. The average Bonchev–Trinajstić information content (AvgIpc) is 3.06. The van der Waals surface area contributed by atoms with Gasteiger partial charge in [-0.2, -0.15) is 0 Å². The van der Waals surface area contributed by atoms with Crippen molar-refractivity contribution in [2.75, 3.05) is 16.8 Å². The molecule has 1 aliphatic heterocycles. The van der Waals surface area contributed by atoms with E-state index >= 15 is 0 Å². The molecule has 4 heteroatoms. The van der Waals surface area contributed by atoms with Gasteiger partial charge < -0.3 is 10.2 Å². The second-order valence-electron chi connectivity index (χ2n) is 6.04. The van der Waals surface area contributed by atoms with Gasteiger partial charge in [0.25, 0.3) is 5.91 Å². The van der Waals surface area contributed by atoms with Crippen molar-refractivity contribution in [1.29, 1.82) is 0 Å². The zero-order valence-electron chi connectivity index (χ0n) is 13.6. The van der Waals surface area contributed by atoms with Crippen molar-refractivity contribution >= 4 is 23.0 Å². The second-order valence-corrected chi connectivity index (χ2v) is 6.04. The van der Waals surface area contributed by atoms with Crippen molar-refractivity contribution in [3.8, 4) is 0 Å². The molecule has 3 nitrogen and oxygen atoms in total. The molecule has 124 valence electrons. The number of para-hydroxylation sites is 1. The highest BCUT2D eigenvalue weighted by Crippen LogP contribution is 2.34. The smallest absolute Gasteiger partial charge is 0.255 e. The Morgan fingerprint density at radius 3 is 2.56 bits per heavy atom. The summed E-state index contributed by atoms with van der Waals surface area (Å²) >= 11 is 0. The third kappa shape index (κ3) is 3.11. The Hall–Kier alpha value is -3.14. The summed E-state index contributed by atoms with van der Waals surface area (Å²) in [7, 11) is 0. The summed E-state index contributed by atoms with van der Waals surface area (Å²) in [5, 5.41) is 2.80. The minimum absolute atomic E-state index is 0.303. The number of hydrogen-bond donors (Lipinski definition) is 1. The Balaban J connectivity index is 1.50. The van der Waals surface area contributed by atoms with Crippen LogP contribution in [0.3, 0.4) is 0 Å². The maximum absolute atomic E-state index is 13.2. The van der Waals surface area contributed by atoms with Crippen LogP contribution in [-0.2, 0) is 6.42 Å². The zero-order valence-corrected chi connectivity index (χ0v) is 13.6. The zero-order chi connectivity index (χ0) is 17.2. The maximum Gasteiger partial charge on any atom is 0.255 e. The van der Waals surface area contributed by atoms with Gasteiger partial charge in [0.2, 0.25) is 0 Å². The molecular formula is C21H17FN2O. The van der Waals surface area contributed by atoms with E-state index in [0.29, 0.717) is 11.3 Å². The Kier molecular flexibility index (Phi) is 3.94.